The Morgan fingerprint density at radius 3 is 2.30 bits per heavy atom. The zero-order valence-corrected chi connectivity index (χ0v) is 13.4. The van der Waals surface area contributed by atoms with Crippen molar-refractivity contribution in [1.29, 1.82) is 0 Å². The quantitative estimate of drug-likeness (QED) is 0.589. The molecule has 0 unspecified atom stereocenters. The van der Waals surface area contributed by atoms with Crippen LogP contribution in [0.15, 0.2) is 18.2 Å². The standard InChI is InChI=1S/C17H29NO2/c1-5-6-7-8-9-10-13-20-16-12-11-15(18(2)3)14-17(16)19-4/h11-12,14H,5-10,13H2,1-4H3. The van der Waals surface area contributed by atoms with Gasteiger partial charge in [-0.1, -0.05) is 39.0 Å². The zero-order valence-electron chi connectivity index (χ0n) is 13.4. The van der Waals surface area contributed by atoms with Crippen molar-refractivity contribution in [3.63, 3.8) is 0 Å². The third kappa shape index (κ3) is 5.72. The molecule has 0 N–H and O–H groups in total. The lowest BCUT2D eigenvalue weighted by Crippen LogP contribution is -2.09. The normalized spacial score (nSPS) is 10.4. The van der Waals surface area contributed by atoms with Gasteiger partial charge < -0.3 is 14.4 Å². The molecular weight excluding hydrogens is 250 g/mol. The van der Waals surface area contributed by atoms with Crippen molar-refractivity contribution in [2.45, 2.75) is 45.4 Å². The lowest BCUT2D eigenvalue weighted by Gasteiger charge is -2.16. The Morgan fingerprint density at radius 1 is 0.950 bits per heavy atom. The third-order valence-corrected chi connectivity index (χ3v) is 3.42. The van der Waals surface area contributed by atoms with E-state index in [4.69, 9.17) is 9.47 Å². The van der Waals surface area contributed by atoms with Crippen molar-refractivity contribution in [2.24, 2.45) is 0 Å². The number of hydrogen-bond acceptors (Lipinski definition) is 3. The second-order valence-corrected chi connectivity index (χ2v) is 5.35. The highest BCUT2D eigenvalue weighted by atomic mass is 16.5. The fraction of sp³-hybridized carbons (Fsp3) is 0.647. The molecular formula is C17H29NO2. The molecule has 0 saturated heterocycles. The van der Waals surface area contributed by atoms with Crippen LogP contribution in [0.4, 0.5) is 5.69 Å². The Labute approximate surface area is 123 Å². The first-order valence-corrected chi connectivity index (χ1v) is 7.67. The molecule has 1 rings (SSSR count). The predicted octanol–water partition coefficient (Wildman–Crippen LogP) is 4.50. The molecule has 0 saturated carbocycles. The van der Waals surface area contributed by atoms with Crippen molar-refractivity contribution in [3.8, 4) is 11.5 Å². The lowest BCUT2D eigenvalue weighted by atomic mass is 10.1. The number of hydrogen-bond donors (Lipinski definition) is 0. The second-order valence-electron chi connectivity index (χ2n) is 5.35. The number of methoxy groups -OCH3 is 1. The summed E-state index contributed by atoms with van der Waals surface area (Å²) in [5.41, 5.74) is 1.12. The van der Waals surface area contributed by atoms with Crippen LogP contribution in [0.3, 0.4) is 0 Å². The van der Waals surface area contributed by atoms with Gasteiger partial charge in [-0.2, -0.15) is 0 Å². The molecule has 0 aromatic heterocycles. The largest absolute Gasteiger partial charge is 0.493 e. The van der Waals surface area contributed by atoms with Gasteiger partial charge in [-0.25, -0.2) is 0 Å². The molecule has 20 heavy (non-hydrogen) atoms. The van der Waals surface area contributed by atoms with E-state index in [9.17, 15) is 0 Å². The molecule has 0 atom stereocenters. The van der Waals surface area contributed by atoms with Crippen LogP contribution in [-0.4, -0.2) is 27.8 Å². The molecule has 1 aromatic carbocycles. The molecule has 0 spiro atoms. The van der Waals surface area contributed by atoms with E-state index in [0.717, 1.165) is 30.2 Å². The summed E-state index contributed by atoms with van der Waals surface area (Å²) in [7, 11) is 5.73. The monoisotopic (exact) mass is 279 g/mol. The zero-order chi connectivity index (χ0) is 14.8. The minimum Gasteiger partial charge on any atom is -0.493 e. The van der Waals surface area contributed by atoms with Gasteiger partial charge >= 0.3 is 0 Å². The molecule has 0 aliphatic heterocycles. The average Bonchev–Trinajstić information content (AvgIpc) is 2.46. The van der Waals surface area contributed by atoms with Crippen molar-refractivity contribution in [1.82, 2.24) is 0 Å². The molecule has 0 amide bonds. The second kappa shape index (κ2) is 9.51. The third-order valence-electron chi connectivity index (χ3n) is 3.42. The van der Waals surface area contributed by atoms with Gasteiger partial charge in [0.15, 0.2) is 11.5 Å². The van der Waals surface area contributed by atoms with Gasteiger partial charge in [-0.15, -0.1) is 0 Å². The highest BCUT2D eigenvalue weighted by molar-refractivity contribution is 5.55. The Morgan fingerprint density at radius 2 is 1.65 bits per heavy atom. The number of benzene rings is 1. The van der Waals surface area contributed by atoms with Crippen LogP contribution >= 0.6 is 0 Å². The Balaban J connectivity index is 2.36. The van der Waals surface area contributed by atoms with E-state index >= 15 is 0 Å². The molecule has 3 nitrogen and oxygen atoms in total. The summed E-state index contributed by atoms with van der Waals surface area (Å²) in [6, 6.07) is 6.06. The summed E-state index contributed by atoms with van der Waals surface area (Å²) in [4.78, 5) is 2.06. The smallest absolute Gasteiger partial charge is 0.162 e. The summed E-state index contributed by atoms with van der Waals surface area (Å²) < 4.78 is 11.2. The fourth-order valence-electron chi connectivity index (χ4n) is 2.12. The summed E-state index contributed by atoms with van der Waals surface area (Å²) in [6.07, 6.45) is 7.66. The van der Waals surface area contributed by atoms with Gasteiger partial charge in [0.2, 0.25) is 0 Å². The summed E-state index contributed by atoms with van der Waals surface area (Å²) >= 11 is 0. The molecule has 3 heteroatoms. The van der Waals surface area contributed by atoms with Gasteiger partial charge in [0, 0.05) is 25.8 Å². The Kier molecular flexibility index (Phi) is 7.93. The Hall–Kier alpha value is -1.38. The molecule has 0 aliphatic rings. The molecule has 0 heterocycles. The van der Waals surface area contributed by atoms with Crippen molar-refractivity contribution in [3.05, 3.63) is 18.2 Å². The van der Waals surface area contributed by atoms with Crippen molar-refractivity contribution in [2.75, 3.05) is 32.7 Å². The van der Waals surface area contributed by atoms with Gasteiger partial charge in [0.05, 0.1) is 13.7 Å². The van der Waals surface area contributed by atoms with Crippen LogP contribution < -0.4 is 14.4 Å². The summed E-state index contributed by atoms with van der Waals surface area (Å²) in [5, 5.41) is 0. The number of nitrogens with zero attached hydrogens (tertiary/aromatic N) is 1. The molecule has 1 aromatic rings. The summed E-state index contributed by atoms with van der Waals surface area (Å²) in [5.74, 6) is 1.65. The van der Waals surface area contributed by atoms with Gasteiger partial charge in [0.1, 0.15) is 0 Å². The van der Waals surface area contributed by atoms with Crippen LogP contribution in [0.5, 0.6) is 11.5 Å². The molecule has 0 aliphatic carbocycles. The van der Waals surface area contributed by atoms with E-state index in [1.807, 2.05) is 26.2 Å². The maximum atomic E-state index is 5.83. The maximum absolute atomic E-state index is 5.83. The average molecular weight is 279 g/mol. The first kappa shape index (κ1) is 16.7. The SMILES string of the molecule is CCCCCCCCOc1ccc(N(C)C)cc1OC. The van der Waals surface area contributed by atoms with E-state index in [1.165, 1.54) is 32.1 Å². The minimum atomic E-state index is 0.768. The first-order chi connectivity index (χ1) is 9.69. The van der Waals surface area contributed by atoms with Crippen LogP contribution in [0.25, 0.3) is 0 Å². The number of unbranched alkanes of at least 4 members (excludes halogenated alkanes) is 5. The van der Waals surface area contributed by atoms with E-state index in [-0.39, 0.29) is 0 Å². The highest BCUT2D eigenvalue weighted by Crippen LogP contribution is 2.31. The number of rotatable bonds is 10. The van der Waals surface area contributed by atoms with Crippen molar-refractivity contribution >= 4 is 5.69 Å². The molecule has 0 bridgehead atoms. The number of anilines is 1. The van der Waals surface area contributed by atoms with Gasteiger partial charge in [-0.3, -0.25) is 0 Å². The van der Waals surface area contributed by atoms with Crippen LogP contribution in [0, 0.1) is 0 Å². The topological polar surface area (TPSA) is 21.7 Å². The highest BCUT2D eigenvalue weighted by Gasteiger charge is 2.06. The van der Waals surface area contributed by atoms with E-state index in [0.29, 0.717) is 0 Å². The van der Waals surface area contributed by atoms with Gasteiger partial charge in [-0.05, 0) is 18.6 Å². The molecule has 0 fully saturated rings. The maximum Gasteiger partial charge on any atom is 0.162 e. The lowest BCUT2D eigenvalue weighted by molar-refractivity contribution is 0.284. The summed E-state index contributed by atoms with van der Waals surface area (Å²) in [6.45, 7) is 3.01. The minimum absolute atomic E-state index is 0.768. The van der Waals surface area contributed by atoms with Crippen molar-refractivity contribution < 1.29 is 9.47 Å². The van der Waals surface area contributed by atoms with E-state index in [1.54, 1.807) is 7.11 Å². The van der Waals surface area contributed by atoms with Crippen LogP contribution in [0.2, 0.25) is 0 Å². The fourth-order valence-corrected chi connectivity index (χ4v) is 2.12. The van der Waals surface area contributed by atoms with Crippen LogP contribution in [0.1, 0.15) is 45.4 Å². The number of ether oxygens (including phenoxy) is 2. The van der Waals surface area contributed by atoms with Crippen LogP contribution in [-0.2, 0) is 0 Å². The molecule has 0 radical (unpaired) electrons. The van der Waals surface area contributed by atoms with E-state index < -0.39 is 0 Å². The Bertz CT molecular complexity index is 377. The van der Waals surface area contributed by atoms with E-state index in [2.05, 4.69) is 17.9 Å². The van der Waals surface area contributed by atoms with Gasteiger partial charge in [0.25, 0.3) is 0 Å². The predicted molar refractivity (Wildman–Crippen MR) is 86.2 cm³/mol. The first-order valence-electron chi connectivity index (χ1n) is 7.67. The molecule has 114 valence electrons.